The minimum atomic E-state index is -0.519. The number of phenols is 2. The molecule has 0 heterocycles. The van der Waals surface area contributed by atoms with Crippen LogP contribution < -0.4 is 5.32 Å². The van der Waals surface area contributed by atoms with Crippen LogP contribution in [-0.2, 0) is 0 Å². The van der Waals surface area contributed by atoms with Gasteiger partial charge in [-0.15, -0.1) is 6.58 Å². The van der Waals surface area contributed by atoms with Crippen LogP contribution in [0.2, 0.25) is 0 Å². The van der Waals surface area contributed by atoms with Crippen molar-refractivity contribution in [1.82, 2.24) is 5.32 Å². The van der Waals surface area contributed by atoms with Gasteiger partial charge in [0.1, 0.15) is 6.04 Å². The first-order chi connectivity index (χ1) is 7.19. The molecule has 0 spiro atoms. The van der Waals surface area contributed by atoms with E-state index in [9.17, 15) is 5.11 Å². The molecule has 1 aromatic carbocycles. The lowest BCUT2D eigenvalue weighted by molar-refractivity contribution is 0.402. The fourth-order valence-electron chi connectivity index (χ4n) is 1.16. The molecule has 0 aliphatic rings. The van der Waals surface area contributed by atoms with Crippen LogP contribution in [0.4, 0.5) is 0 Å². The third kappa shape index (κ3) is 2.73. The maximum absolute atomic E-state index is 9.26. The minimum absolute atomic E-state index is 0.195. The van der Waals surface area contributed by atoms with E-state index in [0.717, 1.165) is 0 Å². The smallest absolute Gasteiger partial charge is 0.157 e. The van der Waals surface area contributed by atoms with Crippen LogP contribution in [0.5, 0.6) is 11.5 Å². The number of aromatic hydroxyl groups is 2. The molecule has 0 bridgehead atoms. The van der Waals surface area contributed by atoms with Crippen LogP contribution in [0.25, 0.3) is 0 Å². The molecule has 1 aromatic rings. The summed E-state index contributed by atoms with van der Waals surface area (Å²) in [7, 11) is 0. The summed E-state index contributed by atoms with van der Waals surface area (Å²) >= 11 is 0. The molecular formula is C11H12N2O2. The van der Waals surface area contributed by atoms with Crippen LogP contribution in [0.15, 0.2) is 30.9 Å². The monoisotopic (exact) mass is 204 g/mol. The molecule has 0 amide bonds. The number of hydrogen-bond acceptors (Lipinski definition) is 4. The van der Waals surface area contributed by atoms with E-state index in [-0.39, 0.29) is 11.5 Å². The summed E-state index contributed by atoms with van der Waals surface area (Å²) in [5, 5.41) is 30.2. The van der Waals surface area contributed by atoms with Gasteiger partial charge in [0.05, 0.1) is 6.07 Å². The second-order valence-corrected chi connectivity index (χ2v) is 3.01. The lowest BCUT2D eigenvalue weighted by atomic mass is 10.1. The first-order valence-corrected chi connectivity index (χ1v) is 4.44. The minimum Gasteiger partial charge on any atom is -0.504 e. The van der Waals surface area contributed by atoms with Crippen LogP contribution in [0, 0.1) is 11.3 Å². The number of nitrogens with one attached hydrogen (secondary N) is 1. The third-order valence-electron chi connectivity index (χ3n) is 1.93. The van der Waals surface area contributed by atoms with Crippen LogP contribution in [0.1, 0.15) is 11.6 Å². The third-order valence-corrected chi connectivity index (χ3v) is 1.93. The predicted molar refractivity (Wildman–Crippen MR) is 56.3 cm³/mol. The van der Waals surface area contributed by atoms with E-state index in [0.29, 0.717) is 12.1 Å². The van der Waals surface area contributed by atoms with Crippen molar-refractivity contribution >= 4 is 0 Å². The summed E-state index contributed by atoms with van der Waals surface area (Å²) in [6, 6.07) is 5.82. The van der Waals surface area contributed by atoms with Crippen LogP contribution in [0.3, 0.4) is 0 Å². The van der Waals surface area contributed by atoms with Gasteiger partial charge in [-0.1, -0.05) is 12.1 Å². The van der Waals surface area contributed by atoms with Crippen molar-refractivity contribution in [1.29, 1.82) is 5.26 Å². The topological polar surface area (TPSA) is 76.3 Å². The average Bonchev–Trinajstić information content (AvgIpc) is 2.24. The molecule has 15 heavy (non-hydrogen) atoms. The van der Waals surface area contributed by atoms with Crippen LogP contribution in [-0.4, -0.2) is 16.8 Å². The Balaban J connectivity index is 2.88. The SMILES string of the molecule is C=CCNC(C#N)c1ccc(O)c(O)c1. The fourth-order valence-corrected chi connectivity index (χ4v) is 1.16. The number of phenolic OH excluding ortho intramolecular Hbond substituents is 2. The maximum atomic E-state index is 9.26. The molecular weight excluding hydrogens is 192 g/mol. The van der Waals surface area contributed by atoms with Crippen molar-refractivity contribution in [2.45, 2.75) is 6.04 Å². The van der Waals surface area contributed by atoms with Gasteiger partial charge in [0.25, 0.3) is 0 Å². The molecule has 0 fully saturated rings. The van der Waals surface area contributed by atoms with E-state index >= 15 is 0 Å². The Kier molecular flexibility index (Phi) is 3.72. The van der Waals surface area contributed by atoms with Gasteiger partial charge in [-0.2, -0.15) is 5.26 Å². The van der Waals surface area contributed by atoms with Gasteiger partial charge in [0.2, 0.25) is 0 Å². The first-order valence-electron chi connectivity index (χ1n) is 4.44. The van der Waals surface area contributed by atoms with Crippen LogP contribution >= 0.6 is 0 Å². The van der Waals surface area contributed by atoms with Gasteiger partial charge in [-0.05, 0) is 17.7 Å². The summed E-state index contributed by atoms with van der Waals surface area (Å²) in [6.07, 6.45) is 1.64. The number of rotatable bonds is 4. The summed E-state index contributed by atoms with van der Waals surface area (Å²) in [5.74, 6) is -0.424. The van der Waals surface area contributed by atoms with E-state index < -0.39 is 6.04 Å². The summed E-state index contributed by atoms with van der Waals surface area (Å²) in [6.45, 7) is 4.03. The second kappa shape index (κ2) is 5.03. The predicted octanol–water partition coefficient (Wildman–Crippen LogP) is 1.44. The lowest BCUT2D eigenvalue weighted by Crippen LogP contribution is -2.19. The van der Waals surface area contributed by atoms with Gasteiger partial charge in [-0.3, -0.25) is 5.32 Å². The molecule has 1 unspecified atom stereocenters. The van der Waals surface area contributed by atoms with Crippen molar-refractivity contribution in [3.8, 4) is 17.6 Å². The normalized spacial score (nSPS) is 11.7. The zero-order chi connectivity index (χ0) is 11.3. The number of nitriles is 1. The van der Waals surface area contributed by atoms with Gasteiger partial charge < -0.3 is 10.2 Å². The molecule has 78 valence electrons. The molecule has 3 N–H and O–H groups in total. The van der Waals surface area contributed by atoms with Crippen molar-refractivity contribution in [2.75, 3.05) is 6.54 Å². The Labute approximate surface area is 88.1 Å². The van der Waals surface area contributed by atoms with E-state index in [1.54, 1.807) is 12.1 Å². The standard InChI is InChI=1S/C11H12N2O2/c1-2-5-13-9(7-12)8-3-4-10(14)11(15)6-8/h2-4,6,9,13-15H,1,5H2. The highest BCUT2D eigenvalue weighted by Crippen LogP contribution is 2.27. The molecule has 0 aliphatic heterocycles. The van der Waals surface area contributed by atoms with E-state index in [1.165, 1.54) is 12.1 Å². The van der Waals surface area contributed by atoms with Crippen molar-refractivity contribution in [3.05, 3.63) is 36.4 Å². The van der Waals surface area contributed by atoms with E-state index in [4.69, 9.17) is 10.4 Å². The molecule has 1 rings (SSSR count). The Morgan fingerprint density at radius 1 is 1.47 bits per heavy atom. The maximum Gasteiger partial charge on any atom is 0.157 e. The zero-order valence-corrected chi connectivity index (χ0v) is 8.14. The lowest BCUT2D eigenvalue weighted by Gasteiger charge is -2.10. The molecule has 4 nitrogen and oxygen atoms in total. The van der Waals surface area contributed by atoms with Crippen molar-refractivity contribution in [2.24, 2.45) is 0 Å². The van der Waals surface area contributed by atoms with Gasteiger partial charge in [0, 0.05) is 6.54 Å². The molecule has 0 aromatic heterocycles. The van der Waals surface area contributed by atoms with Crippen molar-refractivity contribution in [3.63, 3.8) is 0 Å². The summed E-state index contributed by atoms with van der Waals surface area (Å²) in [5.41, 5.74) is 0.606. The molecule has 4 heteroatoms. The average molecular weight is 204 g/mol. The summed E-state index contributed by atoms with van der Waals surface area (Å²) < 4.78 is 0. The zero-order valence-electron chi connectivity index (χ0n) is 8.14. The van der Waals surface area contributed by atoms with Gasteiger partial charge >= 0.3 is 0 Å². The van der Waals surface area contributed by atoms with Gasteiger partial charge in [-0.25, -0.2) is 0 Å². The van der Waals surface area contributed by atoms with Gasteiger partial charge in [0.15, 0.2) is 11.5 Å². The van der Waals surface area contributed by atoms with Crippen molar-refractivity contribution < 1.29 is 10.2 Å². The molecule has 0 radical (unpaired) electrons. The highest BCUT2D eigenvalue weighted by Gasteiger charge is 2.10. The number of nitrogens with zero attached hydrogens (tertiary/aromatic N) is 1. The first kappa shape index (κ1) is 11.1. The molecule has 0 saturated carbocycles. The molecule has 0 aliphatic carbocycles. The van der Waals surface area contributed by atoms with E-state index in [2.05, 4.69) is 11.9 Å². The molecule has 0 saturated heterocycles. The molecule has 1 atom stereocenters. The summed E-state index contributed by atoms with van der Waals surface area (Å²) in [4.78, 5) is 0. The Hall–Kier alpha value is -1.99. The fraction of sp³-hybridized carbons (Fsp3) is 0.182. The highest BCUT2D eigenvalue weighted by molar-refractivity contribution is 5.42. The Bertz CT molecular complexity index is 396. The highest BCUT2D eigenvalue weighted by atomic mass is 16.3. The second-order valence-electron chi connectivity index (χ2n) is 3.01. The van der Waals surface area contributed by atoms with E-state index in [1.807, 2.05) is 6.07 Å². The Morgan fingerprint density at radius 3 is 2.73 bits per heavy atom. The largest absolute Gasteiger partial charge is 0.504 e. The quantitative estimate of drug-likeness (QED) is 0.512. The number of hydrogen-bond donors (Lipinski definition) is 3. The Morgan fingerprint density at radius 2 is 2.20 bits per heavy atom. The number of benzene rings is 1.